The lowest BCUT2D eigenvalue weighted by Gasteiger charge is -2.09. The zero-order valence-corrected chi connectivity index (χ0v) is 11.3. The van der Waals surface area contributed by atoms with E-state index in [-0.39, 0.29) is 12.0 Å². The van der Waals surface area contributed by atoms with Crippen molar-refractivity contribution in [3.63, 3.8) is 0 Å². The molecule has 0 unspecified atom stereocenters. The Hall–Kier alpha value is -0.570. The van der Waals surface area contributed by atoms with E-state index in [4.69, 9.17) is 5.73 Å². The number of unbranched alkanes of at least 4 members (excludes halogenated alkanes) is 6. The van der Waals surface area contributed by atoms with E-state index >= 15 is 0 Å². The molecule has 102 valence electrons. The number of hydrogen-bond donors (Lipinski definition) is 2. The van der Waals surface area contributed by atoms with Gasteiger partial charge < -0.3 is 10.8 Å². The second kappa shape index (κ2) is 11.9. The minimum atomic E-state index is -0.207. The van der Waals surface area contributed by atoms with Crippen LogP contribution in [0.3, 0.4) is 0 Å². The van der Waals surface area contributed by atoms with Crippen molar-refractivity contribution in [1.29, 1.82) is 0 Å². The molecule has 0 heterocycles. The van der Waals surface area contributed by atoms with Gasteiger partial charge in [-0.3, -0.25) is 4.79 Å². The molecule has 0 aliphatic carbocycles. The van der Waals surface area contributed by atoms with E-state index in [1.54, 1.807) is 0 Å². The molecule has 0 spiro atoms. The summed E-state index contributed by atoms with van der Waals surface area (Å²) in [6.45, 7) is 2.20. The van der Waals surface area contributed by atoms with E-state index in [0.29, 0.717) is 6.42 Å². The largest absolute Gasteiger partial charge is 0.393 e. The predicted molar refractivity (Wildman–Crippen MR) is 71.7 cm³/mol. The van der Waals surface area contributed by atoms with Gasteiger partial charge in [-0.1, -0.05) is 51.9 Å². The van der Waals surface area contributed by atoms with Crippen LogP contribution in [-0.2, 0) is 4.79 Å². The summed E-state index contributed by atoms with van der Waals surface area (Å²) in [5.74, 6) is -0.207. The first-order valence-electron chi connectivity index (χ1n) is 7.13. The Labute approximate surface area is 106 Å². The van der Waals surface area contributed by atoms with Crippen molar-refractivity contribution in [2.75, 3.05) is 0 Å². The molecule has 3 heteroatoms. The van der Waals surface area contributed by atoms with Crippen molar-refractivity contribution in [1.82, 2.24) is 0 Å². The number of aliphatic hydroxyl groups is 1. The van der Waals surface area contributed by atoms with Crippen molar-refractivity contribution in [2.45, 2.75) is 83.7 Å². The summed E-state index contributed by atoms with van der Waals surface area (Å²) in [5, 5.41) is 9.72. The smallest absolute Gasteiger partial charge is 0.217 e. The summed E-state index contributed by atoms with van der Waals surface area (Å²) in [6.07, 6.45) is 11.2. The summed E-state index contributed by atoms with van der Waals surface area (Å²) in [6, 6.07) is 0. The van der Waals surface area contributed by atoms with Crippen LogP contribution in [0.1, 0.15) is 77.6 Å². The molecule has 0 aliphatic heterocycles. The third-order valence-corrected chi connectivity index (χ3v) is 3.10. The lowest BCUT2D eigenvalue weighted by molar-refractivity contribution is -0.118. The molecule has 0 radical (unpaired) electrons. The predicted octanol–water partition coefficient (Wildman–Crippen LogP) is 3.14. The number of carbonyl (C=O) groups is 1. The molecule has 0 aliphatic rings. The monoisotopic (exact) mass is 243 g/mol. The summed E-state index contributed by atoms with van der Waals surface area (Å²) in [5.41, 5.74) is 5.06. The highest BCUT2D eigenvalue weighted by Crippen LogP contribution is 2.12. The average Bonchev–Trinajstić information content (AvgIpc) is 2.29. The molecule has 3 N–H and O–H groups in total. The number of rotatable bonds is 12. The lowest BCUT2D eigenvalue weighted by Crippen LogP contribution is -2.09. The molecule has 0 saturated carbocycles. The Bertz CT molecular complexity index is 183. The summed E-state index contributed by atoms with van der Waals surface area (Å²) in [7, 11) is 0. The second-order valence-electron chi connectivity index (χ2n) is 4.92. The van der Waals surface area contributed by atoms with Crippen molar-refractivity contribution in [2.24, 2.45) is 5.73 Å². The standard InChI is InChI=1S/C14H29NO2/c1-2-3-4-7-10-13(16)11-8-5-6-9-12-14(15)17/h13,16H,2-12H2,1H3,(H2,15,17)/t13-/m1/s1. The summed E-state index contributed by atoms with van der Waals surface area (Å²) < 4.78 is 0. The number of carbonyl (C=O) groups excluding carboxylic acids is 1. The van der Waals surface area contributed by atoms with Crippen LogP contribution in [0.25, 0.3) is 0 Å². The highest BCUT2D eigenvalue weighted by molar-refractivity contribution is 5.73. The van der Waals surface area contributed by atoms with Crippen LogP contribution >= 0.6 is 0 Å². The van der Waals surface area contributed by atoms with Gasteiger partial charge in [0.25, 0.3) is 0 Å². The quantitative estimate of drug-likeness (QED) is 0.517. The number of hydrogen-bond acceptors (Lipinski definition) is 2. The lowest BCUT2D eigenvalue weighted by atomic mass is 10.0. The van der Waals surface area contributed by atoms with E-state index in [1.165, 1.54) is 19.3 Å². The molecule has 1 atom stereocenters. The van der Waals surface area contributed by atoms with Crippen molar-refractivity contribution in [3.8, 4) is 0 Å². The maximum absolute atomic E-state index is 10.5. The minimum absolute atomic E-state index is 0.122. The van der Waals surface area contributed by atoms with Crippen LogP contribution in [0.15, 0.2) is 0 Å². The van der Waals surface area contributed by atoms with E-state index in [9.17, 15) is 9.90 Å². The fourth-order valence-electron chi connectivity index (χ4n) is 1.98. The van der Waals surface area contributed by atoms with Crippen LogP contribution < -0.4 is 5.73 Å². The Morgan fingerprint density at radius 1 is 1.00 bits per heavy atom. The maximum Gasteiger partial charge on any atom is 0.217 e. The van der Waals surface area contributed by atoms with Gasteiger partial charge in [0.05, 0.1) is 6.10 Å². The fourth-order valence-corrected chi connectivity index (χ4v) is 1.98. The van der Waals surface area contributed by atoms with Gasteiger partial charge in [0.1, 0.15) is 0 Å². The Balaban J connectivity index is 3.16. The first-order chi connectivity index (χ1) is 8.16. The molecule has 0 saturated heterocycles. The van der Waals surface area contributed by atoms with Crippen molar-refractivity contribution in [3.05, 3.63) is 0 Å². The zero-order chi connectivity index (χ0) is 12.9. The van der Waals surface area contributed by atoms with Crippen LogP contribution in [0.2, 0.25) is 0 Å². The number of primary amides is 1. The summed E-state index contributed by atoms with van der Waals surface area (Å²) in [4.78, 5) is 10.5. The second-order valence-corrected chi connectivity index (χ2v) is 4.92. The molecular formula is C14H29NO2. The van der Waals surface area contributed by atoms with Gasteiger partial charge in [0.2, 0.25) is 5.91 Å². The molecule has 0 aromatic carbocycles. The van der Waals surface area contributed by atoms with Crippen LogP contribution in [0.5, 0.6) is 0 Å². The normalized spacial score (nSPS) is 12.6. The molecule has 0 aromatic heterocycles. The average molecular weight is 243 g/mol. The van der Waals surface area contributed by atoms with Gasteiger partial charge in [-0.05, 0) is 19.3 Å². The topological polar surface area (TPSA) is 63.3 Å². The van der Waals surface area contributed by atoms with Gasteiger partial charge in [-0.2, -0.15) is 0 Å². The third-order valence-electron chi connectivity index (χ3n) is 3.10. The van der Waals surface area contributed by atoms with Gasteiger partial charge in [0.15, 0.2) is 0 Å². The molecular weight excluding hydrogens is 214 g/mol. The van der Waals surface area contributed by atoms with E-state index in [1.807, 2.05) is 0 Å². The zero-order valence-electron chi connectivity index (χ0n) is 11.3. The van der Waals surface area contributed by atoms with Gasteiger partial charge in [0, 0.05) is 6.42 Å². The minimum Gasteiger partial charge on any atom is -0.393 e. The molecule has 0 rings (SSSR count). The molecule has 0 bridgehead atoms. The molecule has 0 aromatic rings. The maximum atomic E-state index is 10.5. The fraction of sp³-hybridized carbons (Fsp3) is 0.929. The Morgan fingerprint density at radius 2 is 1.53 bits per heavy atom. The number of nitrogens with two attached hydrogens (primary N) is 1. The summed E-state index contributed by atoms with van der Waals surface area (Å²) >= 11 is 0. The van der Waals surface area contributed by atoms with Gasteiger partial charge in [-0.25, -0.2) is 0 Å². The van der Waals surface area contributed by atoms with E-state index in [2.05, 4.69) is 6.92 Å². The van der Waals surface area contributed by atoms with Crippen molar-refractivity contribution < 1.29 is 9.90 Å². The van der Waals surface area contributed by atoms with Crippen LogP contribution in [-0.4, -0.2) is 17.1 Å². The molecule has 3 nitrogen and oxygen atoms in total. The Kier molecular flexibility index (Phi) is 11.5. The molecule has 0 fully saturated rings. The van der Waals surface area contributed by atoms with E-state index < -0.39 is 0 Å². The molecule has 1 amide bonds. The van der Waals surface area contributed by atoms with Crippen molar-refractivity contribution >= 4 is 5.91 Å². The van der Waals surface area contributed by atoms with Crippen LogP contribution in [0.4, 0.5) is 0 Å². The van der Waals surface area contributed by atoms with Crippen LogP contribution in [0, 0.1) is 0 Å². The van der Waals surface area contributed by atoms with E-state index in [0.717, 1.165) is 44.9 Å². The number of amides is 1. The highest BCUT2D eigenvalue weighted by atomic mass is 16.3. The first kappa shape index (κ1) is 16.4. The number of aliphatic hydroxyl groups excluding tert-OH is 1. The first-order valence-corrected chi connectivity index (χ1v) is 7.13. The SMILES string of the molecule is CCCCCC[C@@H](O)CCCCCCC(N)=O. The molecule has 17 heavy (non-hydrogen) atoms. The third kappa shape index (κ3) is 13.4. The van der Waals surface area contributed by atoms with Gasteiger partial charge >= 0.3 is 0 Å². The Morgan fingerprint density at radius 3 is 2.06 bits per heavy atom. The highest BCUT2D eigenvalue weighted by Gasteiger charge is 2.03. The van der Waals surface area contributed by atoms with Gasteiger partial charge in [-0.15, -0.1) is 0 Å².